The molecule has 0 spiro atoms. The van der Waals surface area contributed by atoms with Crippen LogP contribution in [0.2, 0.25) is 0 Å². The van der Waals surface area contributed by atoms with Crippen molar-refractivity contribution in [2.45, 2.75) is 26.8 Å². The third-order valence-electron chi connectivity index (χ3n) is 3.12. The summed E-state index contributed by atoms with van der Waals surface area (Å²) in [6.07, 6.45) is 0. The molecule has 0 unspecified atom stereocenters. The lowest BCUT2D eigenvalue weighted by Crippen LogP contribution is -2.37. The molecule has 5 heteroatoms. The van der Waals surface area contributed by atoms with E-state index in [2.05, 4.69) is 15.9 Å². The summed E-state index contributed by atoms with van der Waals surface area (Å²) in [6, 6.07) is 2.86. The average molecular weight is 316 g/mol. The fourth-order valence-electron chi connectivity index (χ4n) is 1.78. The number of esters is 1. The third-order valence-corrected chi connectivity index (χ3v) is 3.58. The fourth-order valence-corrected chi connectivity index (χ4v) is 2.37. The summed E-state index contributed by atoms with van der Waals surface area (Å²) in [6.45, 7) is 5.17. The molecule has 0 aliphatic rings. The number of carbonyl (C=O) groups is 1. The lowest BCUT2D eigenvalue weighted by Gasteiger charge is -2.29. The molecule has 0 amide bonds. The predicted octanol–water partition coefficient (Wildman–Crippen LogP) is 2.66. The molecule has 0 saturated heterocycles. The van der Waals surface area contributed by atoms with Crippen LogP contribution in [0.1, 0.15) is 31.0 Å². The van der Waals surface area contributed by atoms with E-state index in [1.807, 2.05) is 0 Å². The molecule has 1 atom stereocenters. The van der Waals surface area contributed by atoms with E-state index in [0.29, 0.717) is 11.1 Å². The largest absolute Gasteiger partial charge is 0.507 e. The second kappa shape index (κ2) is 5.28. The number of carbonyl (C=O) groups excluding carboxylic acids is 1. The van der Waals surface area contributed by atoms with E-state index >= 15 is 0 Å². The monoisotopic (exact) mass is 315 g/mol. The highest BCUT2D eigenvalue weighted by atomic mass is 79.9. The van der Waals surface area contributed by atoms with Gasteiger partial charge in [0.15, 0.2) is 0 Å². The number of nitrogens with two attached hydrogens (primary N) is 1. The van der Waals surface area contributed by atoms with Crippen LogP contribution in [0.15, 0.2) is 16.6 Å². The van der Waals surface area contributed by atoms with Crippen molar-refractivity contribution in [2.75, 3.05) is 7.11 Å². The van der Waals surface area contributed by atoms with E-state index in [0.717, 1.165) is 4.47 Å². The van der Waals surface area contributed by atoms with Crippen LogP contribution in [0.4, 0.5) is 0 Å². The first-order valence-electron chi connectivity index (χ1n) is 5.54. The highest BCUT2D eigenvalue weighted by Gasteiger charge is 2.38. The number of phenolic OH excluding ortho intramolecular Hbond substituents is 1. The zero-order valence-corrected chi connectivity index (χ0v) is 12.5. The minimum Gasteiger partial charge on any atom is -0.507 e. The van der Waals surface area contributed by atoms with Gasteiger partial charge in [0, 0.05) is 16.1 Å². The first-order chi connectivity index (χ1) is 8.21. The van der Waals surface area contributed by atoms with Crippen molar-refractivity contribution in [3.8, 4) is 5.75 Å². The van der Waals surface area contributed by atoms with Gasteiger partial charge in [0.1, 0.15) is 5.75 Å². The summed E-state index contributed by atoms with van der Waals surface area (Å²) >= 11 is 3.35. The van der Waals surface area contributed by atoms with Crippen molar-refractivity contribution in [3.63, 3.8) is 0 Å². The van der Waals surface area contributed by atoms with Crippen LogP contribution in [0.5, 0.6) is 5.75 Å². The van der Waals surface area contributed by atoms with E-state index in [-0.39, 0.29) is 5.75 Å². The van der Waals surface area contributed by atoms with Gasteiger partial charge in [-0.1, -0.05) is 15.9 Å². The summed E-state index contributed by atoms with van der Waals surface area (Å²) < 4.78 is 5.55. The van der Waals surface area contributed by atoms with Crippen LogP contribution >= 0.6 is 15.9 Å². The van der Waals surface area contributed by atoms with Gasteiger partial charge in [0.05, 0.1) is 12.5 Å². The number of methoxy groups -OCH3 is 1. The molecule has 4 nitrogen and oxygen atoms in total. The summed E-state index contributed by atoms with van der Waals surface area (Å²) in [5.41, 5.74) is 6.42. The van der Waals surface area contributed by atoms with E-state index in [9.17, 15) is 9.90 Å². The lowest BCUT2D eigenvalue weighted by molar-refractivity contribution is -0.152. The van der Waals surface area contributed by atoms with Gasteiger partial charge in [0.2, 0.25) is 0 Å². The van der Waals surface area contributed by atoms with Gasteiger partial charge in [0.25, 0.3) is 0 Å². The Morgan fingerprint density at radius 1 is 1.50 bits per heavy atom. The van der Waals surface area contributed by atoms with Crippen LogP contribution in [-0.4, -0.2) is 18.2 Å². The Kier molecular flexibility index (Phi) is 4.40. The lowest BCUT2D eigenvalue weighted by atomic mass is 9.80. The normalized spacial score (nSPS) is 13.2. The van der Waals surface area contributed by atoms with Gasteiger partial charge in [-0.15, -0.1) is 0 Å². The summed E-state index contributed by atoms with van der Waals surface area (Å²) in [5, 5.41) is 10.1. The number of aromatic hydroxyl groups is 1. The van der Waals surface area contributed by atoms with Crippen molar-refractivity contribution in [3.05, 3.63) is 27.7 Å². The molecule has 0 saturated carbocycles. The van der Waals surface area contributed by atoms with Crippen LogP contribution < -0.4 is 5.73 Å². The minimum absolute atomic E-state index is 0.114. The zero-order chi connectivity index (χ0) is 14.1. The Bertz CT molecular complexity index is 472. The number of halogens is 1. The van der Waals surface area contributed by atoms with Gasteiger partial charge in [-0.3, -0.25) is 4.79 Å². The molecule has 0 bridgehead atoms. The maximum Gasteiger partial charge on any atom is 0.313 e. The van der Waals surface area contributed by atoms with Crippen LogP contribution in [-0.2, 0) is 9.53 Å². The average Bonchev–Trinajstić information content (AvgIpc) is 2.31. The van der Waals surface area contributed by atoms with Gasteiger partial charge < -0.3 is 15.6 Å². The standard InChI is InChI=1S/C13H18BrNO3/c1-7-5-8(14)6-9(10(7)16)11(15)13(2,3)12(17)18-4/h5-6,11,16H,15H2,1-4H3/t11-/m0/s1. The first-order valence-corrected chi connectivity index (χ1v) is 6.34. The van der Waals surface area contributed by atoms with Gasteiger partial charge >= 0.3 is 5.97 Å². The van der Waals surface area contributed by atoms with Crippen LogP contribution in [0, 0.1) is 12.3 Å². The zero-order valence-electron chi connectivity index (χ0n) is 11.0. The highest BCUT2D eigenvalue weighted by molar-refractivity contribution is 9.10. The Labute approximate surface area is 115 Å². The van der Waals surface area contributed by atoms with Crippen molar-refractivity contribution < 1.29 is 14.6 Å². The summed E-state index contributed by atoms with van der Waals surface area (Å²) in [4.78, 5) is 11.7. The number of benzene rings is 1. The van der Waals surface area contributed by atoms with Crippen molar-refractivity contribution >= 4 is 21.9 Å². The van der Waals surface area contributed by atoms with Crippen LogP contribution in [0.3, 0.4) is 0 Å². The quantitative estimate of drug-likeness (QED) is 0.841. The second-order valence-corrected chi connectivity index (χ2v) is 5.77. The molecular formula is C13H18BrNO3. The maximum absolute atomic E-state index is 11.7. The summed E-state index contributed by atoms with van der Waals surface area (Å²) in [7, 11) is 1.32. The Hall–Kier alpha value is -1.07. The molecule has 0 aliphatic heterocycles. The van der Waals surface area contributed by atoms with Gasteiger partial charge in [-0.05, 0) is 38.5 Å². The second-order valence-electron chi connectivity index (χ2n) is 4.85. The Morgan fingerprint density at radius 3 is 2.56 bits per heavy atom. The maximum atomic E-state index is 11.7. The summed E-state index contributed by atoms with van der Waals surface area (Å²) in [5.74, 6) is -0.297. The number of ether oxygens (including phenoxy) is 1. The van der Waals surface area contributed by atoms with E-state index in [1.54, 1.807) is 32.9 Å². The minimum atomic E-state index is -0.917. The predicted molar refractivity (Wildman–Crippen MR) is 73.3 cm³/mol. The number of aryl methyl sites for hydroxylation is 1. The van der Waals surface area contributed by atoms with E-state index < -0.39 is 17.4 Å². The molecule has 0 fully saturated rings. The number of hydrogen-bond acceptors (Lipinski definition) is 4. The third kappa shape index (κ3) is 2.67. The van der Waals surface area contributed by atoms with Crippen molar-refractivity contribution in [1.29, 1.82) is 0 Å². The van der Waals surface area contributed by atoms with Gasteiger partial charge in [-0.2, -0.15) is 0 Å². The van der Waals surface area contributed by atoms with Crippen molar-refractivity contribution in [2.24, 2.45) is 11.1 Å². The number of rotatable bonds is 3. The van der Waals surface area contributed by atoms with Gasteiger partial charge in [-0.25, -0.2) is 0 Å². The van der Waals surface area contributed by atoms with E-state index in [1.165, 1.54) is 7.11 Å². The number of hydrogen-bond donors (Lipinski definition) is 2. The number of phenols is 1. The van der Waals surface area contributed by atoms with Crippen molar-refractivity contribution in [1.82, 2.24) is 0 Å². The smallest absolute Gasteiger partial charge is 0.313 e. The Balaban J connectivity index is 3.26. The first kappa shape index (κ1) is 15.0. The molecule has 1 aromatic rings. The molecule has 18 heavy (non-hydrogen) atoms. The molecule has 3 N–H and O–H groups in total. The molecule has 1 rings (SSSR count). The van der Waals surface area contributed by atoms with E-state index in [4.69, 9.17) is 10.5 Å². The molecule has 0 heterocycles. The molecule has 0 aliphatic carbocycles. The highest BCUT2D eigenvalue weighted by Crippen LogP contribution is 2.39. The SMILES string of the molecule is COC(=O)C(C)(C)[C@@H](N)c1cc(Br)cc(C)c1O. The fraction of sp³-hybridized carbons (Fsp3) is 0.462. The molecule has 0 radical (unpaired) electrons. The molecule has 0 aromatic heterocycles. The molecule has 1 aromatic carbocycles. The topological polar surface area (TPSA) is 72.5 Å². The Morgan fingerprint density at radius 2 is 2.06 bits per heavy atom. The van der Waals surface area contributed by atoms with Crippen LogP contribution in [0.25, 0.3) is 0 Å². The molecular weight excluding hydrogens is 298 g/mol. The molecule has 100 valence electrons.